The Hall–Kier alpha value is -4.00. The fraction of sp³-hybridized carbons (Fsp3) is 0.524. The summed E-state index contributed by atoms with van der Waals surface area (Å²) in [4.78, 5) is 54.0. The lowest BCUT2D eigenvalue weighted by atomic mass is 9.83. The summed E-state index contributed by atoms with van der Waals surface area (Å²) in [6, 6.07) is 9.87. The second-order valence-electron chi connectivity index (χ2n) is 16.6. The monoisotopic (exact) mass is 826 g/mol. The SMILES string of the molecule is COc1cccc(CN(C(=O)C2=C(c3cnc(CCCOc4c(Cl)cccc4Cl)s3)CC3CN(C(=O)OC(C)(C)C)C[C@H]2N3C(=O)OC(C)(C)C)C2CC2)c1C. The van der Waals surface area contributed by atoms with Crippen LogP contribution in [0.5, 0.6) is 11.5 Å². The molecule has 2 aromatic carbocycles. The van der Waals surface area contributed by atoms with Crippen LogP contribution in [0.25, 0.3) is 5.57 Å². The molecule has 0 N–H and O–H groups in total. The molecule has 1 saturated carbocycles. The number of methoxy groups -OCH3 is 1. The molecule has 11 nitrogen and oxygen atoms in total. The van der Waals surface area contributed by atoms with E-state index in [2.05, 4.69) is 0 Å². The maximum absolute atomic E-state index is 15.4. The summed E-state index contributed by atoms with van der Waals surface area (Å²) in [5.74, 6) is 1.03. The fourth-order valence-electron chi connectivity index (χ4n) is 7.21. The third-order valence-corrected chi connectivity index (χ3v) is 11.6. The molecule has 3 amide bonds. The molecule has 3 aliphatic rings. The number of aryl methyl sites for hydroxylation is 1. The van der Waals surface area contributed by atoms with Gasteiger partial charge in [0.05, 0.1) is 45.7 Å². The number of carbonyl (C=O) groups is 3. The van der Waals surface area contributed by atoms with Crippen molar-refractivity contribution in [1.29, 1.82) is 0 Å². The average molecular weight is 828 g/mol. The van der Waals surface area contributed by atoms with Gasteiger partial charge >= 0.3 is 12.2 Å². The van der Waals surface area contributed by atoms with Gasteiger partial charge in [-0.2, -0.15) is 0 Å². The molecule has 2 atom stereocenters. The van der Waals surface area contributed by atoms with Crippen LogP contribution in [0.4, 0.5) is 9.59 Å². The lowest BCUT2D eigenvalue weighted by molar-refractivity contribution is -0.129. The number of aromatic nitrogens is 1. The lowest BCUT2D eigenvalue weighted by Gasteiger charge is -2.51. The number of hydrogen-bond donors (Lipinski definition) is 0. The van der Waals surface area contributed by atoms with Crippen molar-refractivity contribution in [2.45, 2.75) is 116 Å². The van der Waals surface area contributed by atoms with E-state index in [1.807, 2.05) is 77.8 Å². The Bertz CT molecular complexity index is 1960. The molecule has 2 fully saturated rings. The maximum atomic E-state index is 15.4. The Kier molecular flexibility index (Phi) is 12.5. The van der Waals surface area contributed by atoms with Crippen molar-refractivity contribution in [3.8, 4) is 11.5 Å². The Morgan fingerprint density at radius 3 is 2.25 bits per heavy atom. The number of halogens is 2. The van der Waals surface area contributed by atoms with Crippen LogP contribution in [0.3, 0.4) is 0 Å². The summed E-state index contributed by atoms with van der Waals surface area (Å²) in [6.07, 6.45) is 4.18. The Balaban J connectivity index is 1.38. The van der Waals surface area contributed by atoms with Crippen molar-refractivity contribution in [2.24, 2.45) is 0 Å². The molecule has 2 aliphatic heterocycles. The van der Waals surface area contributed by atoms with Gasteiger partial charge in [0.2, 0.25) is 0 Å². The zero-order chi connectivity index (χ0) is 40.5. The topological polar surface area (TPSA) is 111 Å². The van der Waals surface area contributed by atoms with E-state index in [1.165, 1.54) is 11.3 Å². The Morgan fingerprint density at radius 2 is 1.61 bits per heavy atom. The molecule has 1 aliphatic carbocycles. The molecular weight excluding hydrogens is 775 g/mol. The molecular formula is C42H52Cl2N4O7S. The van der Waals surface area contributed by atoms with Gasteiger partial charge in [-0.15, -0.1) is 11.3 Å². The smallest absolute Gasteiger partial charge is 0.411 e. The zero-order valence-electron chi connectivity index (χ0n) is 33.4. The van der Waals surface area contributed by atoms with Gasteiger partial charge in [-0.25, -0.2) is 14.6 Å². The van der Waals surface area contributed by atoms with Crippen LogP contribution in [-0.4, -0.2) is 93.9 Å². The highest BCUT2D eigenvalue weighted by molar-refractivity contribution is 7.12. The first-order chi connectivity index (χ1) is 26.4. The van der Waals surface area contributed by atoms with Crippen LogP contribution in [0, 0.1) is 6.92 Å². The van der Waals surface area contributed by atoms with E-state index in [9.17, 15) is 9.59 Å². The molecule has 2 bridgehead atoms. The number of nitrogens with zero attached hydrogens (tertiary/aromatic N) is 4. The van der Waals surface area contributed by atoms with Gasteiger partial charge in [0.15, 0.2) is 5.75 Å². The van der Waals surface area contributed by atoms with Crippen LogP contribution in [0.1, 0.15) is 88.2 Å². The first-order valence-electron chi connectivity index (χ1n) is 19.1. The number of hydrogen-bond acceptors (Lipinski definition) is 9. The van der Waals surface area contributed by atoms with Gasteiger partial charge < -0.3 is 28.7 Å². The number of amides is 3. The number of para-hydroxylation sites is 1. The van der Waals surface area contributed by atoms with Gasteiger partial charge in [-0.3, -0.25) is 9.69 Å². The molecule has 14 heteroatoms. The summed E-state index contributed by atoms with van der Waals surface area (Å²) < 4.78 is 23.3. The van der Waals surface area contributed by atoms with Gasteiger partial charge in [-0.1, -0.05) is 41.4 Å². The molecule has 6 rings (SSSR count). The second-order valence-corrected chi connectivity index (χ2v) is 18.5. The summed E-state index contributed by atoms with van der Waals surface area (Å²) in [7, 11) is 1.64. The Labute approximate surface area is 343 Å². The normalized spacial score (nSPS) is 18.5. The number of ether oxygens (including phenoxy) is 4. The van der Waals surface area contributed by atoms with Gasteiger partial charge in [0.25, 0.3) is 5.91 Å². The second kappa shape index (κ2) is 16.8. The fourth-order valence-corrected chi connectivity index (χ4v) is 8.74. The van der Waals surface area contributed by atoms with Crippen molar-refractivity contribution in [1.82, 2.24) is 19.7 Å². The van der Waals surface area contributed by atoms with Gasteiger partial charge in [-0.05, 0) is 109 Å². The number of rotatable bonds is 11. The van der Waals surface area contributed by atoms with Crippen LogP contribution in [0.15, 0.2) is 48.2 Å². The Morgan fingerprint density at radius 1 is 0.946 bits per heavy atom. The summed E-state index contributed by atoms with van der Waals surface area (Å²) in [6.45, 7) is 14.0. The quantitative estimate of drug-likeness (QED) is 0.176. The molecule has 3 heterocycles. The molecule has 1 saturated heterocycles. The minimum absolute atomic E-state index is 0.0312. The highest BCUT2D eigenvalue weighted by atomic mass is 35.5. The average Bonchev–Trinajstić information content (AvgIpc) is 3.84. The molecule has 0 spiro atoms. The maximum Gasteiger partial charge on any atom is 0.411 e. The van der Waals surface area contributed by atoms with Crippen molar-refractivity contribution in [3.63, 3.8) is 0 Å². The minimum atomic E-state index is -0.792. The van der Waals surface area contributed by atoms with E-state index in [-0.39, 0.29) is 25.0 Å². The van der Waals surface area contributed by atoms with Crippen LogP contribution in [0.2, 0.25) is 10.0 Å². The predicted octanol–water partition coefficient (Wildman–Crippen LogP) is 9.35. The number of thiazole rings is 1. The highest BCUT2D eigenvalue weighted by Crippen LogP contribution is 2.43. The van der Waals surface area contributed by atoms with E-state index in [1.54, 1.807) is 35.1 Å². The highest BCUT2D eigenvalue weighted by Gasteiger charge is 2.51. The first kappa shape index (κ1) is 41.6. The van der Waals surface area contributed by atoms with Crippen molar-refractivity contribution in [3.05, 3.63) is 79.2 Å². The predicted molar refractivity (Wildman–Crippen MR) is 219 cm³/mol. The van der Waals surface area contributed by atoms with E-state index in [0.717, 1.165) is 45.2 Å². The standard InChI is InChI=1S/C42H52Cl2N4O7S/c1-25-26(12-9-15-33(25)52-8)22-47(27-17-18-27)38(49)36-29(34-21-45-35(56-34)16-11-19-53-37-30(43)13-10-14-31(37)44)20-28-23-46(39(50)54-41(2,3)4)24-32(36)48(28)40(51)55-42(5,6)7/h9-10,12-15,21,27-28,32H,11,16-20,22-24H2,1-8H3/t28?,32-/m1/s1. The molecule has 1 unspecified atom stereocenters. The number of fused-ring (bicyclic) bond motifs is 2. The van der Waals surface area contributed by atoms with Crippen LogP contribution in [-0.2, 0) is 27.2 Å². The minimum Gasteiger partial charge on any atom is -0.496 e. The van der Waals surface area contributed by atoms with Crippen LogP contribution < -0.4 is 9.47 Å². The van der Waals surface area contributed by atoms with E-state index in [0.29, 0.717) is 53.8 Å². The lowest BCUT2D eigenvalue weighted by Crippen LogP contribution is -2.66. The van der Waals surface area contributed by atoms with E-state index in [4.69, 9.17) is 47.1 Å². The largest absolute Gasteiger partial charge is 0.496 e. The summed E-state index contributed by atoms with van der Waals surface area (Å²) in [5.41, 5.74) is 1.74. The molecule has 3 aromatic rings. The van der Waals surface area contributed by atoms with Gasteiger partial charge in [0, 0.05) is 43.9 Å². The zero-order valence-corrected chi connectivity index (χ0v) is 35.8. The molecule has 56 heavy (non-hydrogen) atoms. The number of benzene rings is 2. The van der Waals surface area contributed by atoms with Crippen molar-refractivity contribution >= 4 is 58.2 Å². The van der Waals surface area contributed by atoms with E-state index >= 15 is 4.79 Å². The summed E-state index contributed by atoms with van der Waals surface area (Å²) in [5, 5.41) is 1.79. The third-order valence-electron chi connectivity index (χ3n) is 9.89. The number of piperazine rings is 1. The summed E-state index contributed by atoms with van der Waals surface area (Å²) >= 11 is 14.1. The molecule has 1 aromatic heterocycles. The van der Waals surface area contributed by atoms with Crippen molar-refractivity contribution < 1.29 is 33.3 Å². The molecule has 302 valence electrons. The van der Waals surface area contributed by atoms with E-state index < -0.39 is 35.5 Å². The third kappa shape index (κ3) is 9.74. The number of carbonyl (C=O) groups excluding carboxylic acids is 3. The molecule has 0 radical (unpaired) electrons. The van der Waals surface area contributed by atoms with Crippen LogP contribution >= 0.6 is 34.5 Å². The van der Waals surface area contributed by atoms with Crippen molar-refractivity contribution in [2.75, 3.05) is 26.8 Å². The van der Waals surface area contributed by atoms with Gasteiger partial charge in [0.1, 0.15) is 17.0 Å². The first-order valence-corrected chi connectivity index (χ1v) is 20.7.